The lowest BCUT2D eigenvalue weighted by atomic mass is 10.1. The van der Waals surface area contributed by atoms with E-state index >= 15 is 0 Å². The minimum atomic E-state index is -0.757. The van der Waals surface area contributed by atoms with Crippen molar-refractivity contribution in [2.75, 3.05) is 12.0 Å². The molecule has 0 aliphatic heterocycles. The van der Waals surface area contributed by atoms with E-state index in [9.17, 15) is 14.4 Å². The van der Waals surface area contributed by atoms with E-state index in [4.69, 9.17) is 6.42 Å². The Bertz CT molecular complexity index is 1930. The molecule has 0 unspecified atom stereocenters. The fourth-order valence-electron chi connectivity index (χ4n) is 3.49. The van der Waals surface area contributed by atoms with Gasteiger partial charge in [-0.1, -0.05) is 39.0 Å². The molecule has 9 heteroatoms. The Morgan fingerprint density at radius 3 is 1.98 bits per heavy atom. The average molecular weight is 651 g/mol. The van der Waals surface area contributed by atoms with Crippen LogP contribution < -0.4 is 26.1 Å². The molecule has 2 aromatic rings. The highest BCUT2D eigenvalue weighted by Crippen LogP contribution is 2.26. The van der Waals surface area contributed by atoms with Crippen molar-refractivity contribution >= 4 is 35.2 Å². The van der Waals surface area contributed by atoms with Crippen molar-refractivity contribution in [2.24, 2.45) is 0 Å². The zero-order chi connectivity index (χ0) is 34.5. The molecule has 0 fully saturated rings. The third-order valence-electron chi connectivity index (χ3n) is 5.72. The van der Waals surface area contributed by atoms with Crippen molar-refractivity contribution in [2.45, 2.75) is 61.9 Å². The Morgan fingerprint density at radius 2 is 1.33 bits per heavy atom. The van der Waals surface area contributed by atoms with Crippen LogP contribution in [0, 0.1) is 95.4 Å². The topological polar surface area (TPSA) is 103 Å². The second kappa shape index (κ2) is 24.7. The molecule has 8 nitrogen and oxygen atoms in total. The molecule has 0 saturated carbocycles. The number of hydrogen-bond acceptors (Lipinski definition) is 5. The number of nitrogens with zero attached hydrogens (tertiary/aromatic N) is 1. The molecule has 0 spiro atoms. The van der Waals surface area contributed by atoms with Gasteiger partial charge in [-0.2, -0.15) is 4.57 Å². The highest BCUT2D eigenvalue weighted by Gasteiger charge is 2.16. The highest BCUT2D eigenvalue weighted by atomic mass is 32.2. The van der Waals surface area contributed by atoms with Gasteiger partial charge in [-0.15, -0.1) is 6.42 Å². The predicted molar refractivity (Wildman–Crippen MR) is 187 cm³/mol. The second-order valence-corrected chi connectivity index (χ2v) is 10.4. The third-order valence-corrected chi connectivity index (χ3v) is 6.81. The van der Waals surface area contributed by atoms with Crippen LogP contribution >= 0.6 is 11.8 Å². The fourth-order valence-corrected chi connectivity index (χ4v) is 4.39. The number of anilines is 1. The molecule has 0 saturated heterocycles. The van der Waals surface area contributed by atoms with Gasteiger partial charge in [-0.25, -0.2) is 0 Å². The van der Waals surface area contributed by atoms with Crippen LogP contribution in [0.25, 0.3) is 0 Å². The second-order valence-electron chi connectivity index (χ2n) is 9.34. The maximum absolute atomic E-state index is 12.4. The van der Waals surface area contributed by atoms with Crippen molar-refractivity contribution in [3.63, 3.8) is 0 Å². The molecule has 4 N–H and O–H groups in total. The minimum absolute atomic E-state index is 0.0369. The van der Waals surface area contributed by atoms with Crippen molar-refractivity contribution in [1.29, 1.82) is 0 Å². The molecule has 0 atom stereocenters. The highest BCUT2D eigenvalue weighted by molar-refractivity contribution is 7.99. The summed E-state index contributed by atoms with van der Waals surface area (Å²) in [6.45, 7) is 2.68. The summed E-state index contributed by atoms with van der Waals surface area (Å²) in [4.78, 5) is 37.5. The van der Waals surface area contributed by atoms with E-state index in [0.29, 0.717) is 12.2 Å². The van der Waals surface area contributed by atoms with E-state index < -0.39 is 11.8 Å². The summed E-state index contributed by atoms with van der Waals surface area (Å²) < 4.78 is 1.78. The Morgan fingerprint density at radius 1 is 0.729 bits per heavy atom. The quantitative estimate of drug-likeness (QED) is 0.0668. The lowest BCUT2D eigenvalue weighted by Crippen LogP contribution is -2.43. The third kappa shape index (κ3) is 17.6. The molecule has 0 aliphatic carbocycles. The number of unbranched alkanes of at least 4 members (excludes halogenated alkanes) is 5. The van der Waals surface area contributed by atoms with Crippen LogP contribution in [-0.4, -0.2) is 24.3 Å². The molecule has 0 aliphatic rings. The zero-order valence-electron chi connectivity index (χ0n) is 26.4. The number of nitrogens with one attached hydrogen (secondary N) is 4. The SMILES string of the molecule is C#CC#CC#CC#CC#CC#CC#CC#CNC(=O)C[n+]1ccccc1Sc1ccc(NNC(=O)C(=O)NCCCCCCCC)cc1. The van der Waals surface area contributed by atoms with E-state index in [0.717, 1.165) is 29.2 Å². The van der Waals surface area contributed by atoms with Crippen LogP contribution in [0.3, 0.4) is 0 Å². The first-order chi connectivity index (χ1) is 23.5. The molecule has 0 radical (unpaired) electrons. The summed E-state index contributed by atoms with van der Waals surface area (Å²) in [7, 11) is 0. The molecule has 2 rings (SSSR count). The van der Waals surface area contributed by atoms with Gasteiger partial charge in [-0.3, -0.25) is 30.6 Å². The largest absolute Gasteiger partial charge is 0.348 e. The van der Waals surface area contributed by atoms with Gasteiger partial charge in [0.25, 0.3) is 5.91 Å². The van der Waals surface area contributed by atoms with E-state index in [1.807, 2.05) is 30.3 Å². The summed E-state index contributed by atoms with van der Waals surface area (Å²) >= 11 is 1.45. The number of terminal acetylenes is 1. The molecular formula is C39H32N5O3S+. The van der Waals surface area contributed by atoms with Gasteiger partial charge in [-0.05, 0) is 90.0 Å². The average Bonchev–Trinajstić information content (AvgIpc) is 3.09. The number of amides is 3. The molecule has 3 amide bonds. The van der Waals surface area contributed by atoms with Crippen molar-refractivity contribution in [3.8, 4) is 95.4 Å². The predicted octanol–water partition coefficient (Wildman–Crippen LogP) is 2.78. The molecule has 48 heavy (non-hydrogen) atoms. The van der Waals surface area contributed by atoms with E-state index in [1.54, 1.807) is 22.9 Å². The molecular weight excluding hydrogens is 619 g/mol. The van der Waals surface area contributed by atoms with Gasteiger partial charge in [0.2, 0.25) is 11.6 Å². The van der Waals surface area contributed by atoms with E-state index in [1.165, 1.54) is 31.0 Å². The monoisotopic (exact) mass is 650 g/mol. The molecule has 236 valence electrons. The van der Waals surface area contributed by atoms with Gasteiger partial charge >= 0.3 is 11.8 Å². The number of hydrogen-bond donors (Lipinski definition) is 4. The standard InChI is InChI=1S/C39H31N5O3S/c1-3-5-7-9-11-12-13-14-15-16-17-18-20-22-30-40-36(45)33-44-32-24-21-25-37(44)48-35-28-26-34(27-29-35)42-43-39(47)38(46)41-31-23-19-10-8-6-4-2/h1,21,24-29,32H,4,6,8,10,19,23,31,33H2,2H3,(H3-,40,41,42,43,45,46,47)/p+1. The summed E-state index contributed by atoms with van der Waals surface area (Å²) in [5.41, 5.74) is 5.77. The smallest absolute Gasteiger partial charge is 0.327 e. The van der Waals surface area contributed by atoms with Crippen molar-refractivity contribution in [3.05, 3.63) is 48.7 Å². The first-order valence-electron chi connectivity index (χ1n) is 14.9. The van der Waals surface area contributed by atoms with Crippen LogP contribution in [0.2, 0.25) is 0 Å². The molecule has 1 aromatic carbocycles. The van der Waals surface area contributed by atoms with Crippen LogP contribution in [0.5, 0.6) is 0 Å². The maximum Gasteiger partial charge on any atom is 0.327 e. The Hall–Kier alpha value is -6.59. The van der Waals surface area contributed by atoms with Gasteiger partial charge < -0.3 is 5.32 Å². The van der Waals surface area contributed by atoms with Crippen LogP contribution in [0.15, 0.2) is 58.6 Å². The number of hydrazine groups is 1. The van der Waals surface area contributed by atoms with Crippen molar-refractivity contribution in [1.82, 2.24) is 16.1 Å². The Labute approximate surface area is 287 Å². The van der Waals surface area contributed by atoms with E-state index in [2.05, 4.69) is 117 Å². The Kier molecular flexibility index (Phi) is 19.3. The normalized spacial score (nSPS) is 8.33. The summed E-state index contributed by atoms with van der Waals surface area (Å²) in [5.74, 6) is 32.5. The first-order valence-corrected chi connectivity index (χ1v) is 15.7. The summed E-state index contributed by atoms with van der Waals surface area (Å²) in [5, 5.41) is 5.96. The molecule has 1 aromatic heterocycles. The molecule has 1 heterocycles. The van der Waals surface area contributed by atoms with Gasteiger partial charge in [0.05, 0.1) is 5.69 Å². The van der Waals surface area contributed by atoms with Gasteiger partial charge in [0.15, 0.2) is 6.20 Å². The lowest BCUT2D eigenvalue weighted by Gasteiger charge is -2.09. The molecule has 0 bridgehead atoms. The van der Waals surface area contributed by atoms with Crippen LogP contribution in [-0.2, 0) is 20.9 Å². The Balaban J connectivity index is 1.79. The van der Waals surface area contributed by atoms with Crippen LogP contribution in [0.4, 0.5) is 5.69 Å². The summed E-state index contributed by atoms with van der Waals surface area (Å²) in [6, 6.07) is 15.3. The van der Waals surface area contributed by atoms with Gasteiger partial charge in [0.1, 0.15) is 0 Å². The lowest BCUT2D eigenvalue weighted by molar-refractivity contribution is -0.720. The van der Waals surface area contributed by atoms with Crippen LogP contribution in [0.1, 0.15) is 45.4 Å². The number of benzene rings is 1. The first kappa shape index (κ1) is 37.6. The number of pyridine rings is 1. The van der Waals surface area contributed by atoms with Crippen molar-refractivity contribution < 1.29 is 19.0 Å². The number of aromatic nitrogens is 1. The summed E-state index contributed by atoms with van der Waals surface area (Å²) in [6.07, 6.45) is 13.4. The number of rotatable bonds is 13. The number of carbonyl (C=O) groups excluding carboxylic acids is 3. The minimum Gasteiger partial charge on any atom is -0.348 e. The zero-order valence-corrected chi connectivity index (χ0v) is 27.2. The maximum atomic E-state index is 12.4. The van der Waals surface area contributed by atoms with E-state index in [-0.39, 0.29) is 12.5 Å². The van der Waals surface area contributed by atoms with Gasteiger partial charge in [0, 0.05) is 71.1 Å². The number of carbonyl (C=O) groups is 3. The fraction of sp³-hybridized carbons (Fsp3) is 0.231.